The van der Waals surface area contributed by atoms with Crippen LogP contribution in [0.5, 0.6) is 0 Å². The zero-order chi connectivity index (χ0) is 13.5. The van der Waals surface area contributed by atoms with E-state index >= 15 is 0 Å². The molecule has 0 radical (unpaired) electrons. The normalized spacial score (nSPS) is 10.1. The van der Waals surface area contributed by atoms with Gasteiger partial charge in [0.05, 0.1) is 11.5 Å². The zero-order valence-corrected chi connectivity index (χ0v) is 10.5. The maximum absolute atomic E-state index is 11.9. The summed E-state index contributed by atoms with van der Waals surface area (Å²) in [5, 5.41) is 19.1. The maximum atomic E-state index is 11.9. The van der Waals surface area contributed by atoms with Crippen LogP contribution in [0.2, 0.25) is 0 Å². The van der Waals surface area contributed by atoms with Crippen molar-refractivity contribution >= 4 is 23.2 Å². The number of aliphatic hydroxyl groups is 1. The fourth-order valence-corrected chi connectivity index (χ4v) is 1.92. The van der Waals surface area contributed by atoms with Gasteiger partial charge in [-0.3, -0.25) is 14.9 Å². The summed E-state index contributed by atoms with van der Waals surface area (Å²) >= 11 is 1.41. The molecule has 5 nitrogen and oxygen atoms in total. The highest BCUT2D eigenvalue weighted by Crippen LogP contribution is 2.16. The van der Waals surface area contributed by atoms with Gasteiger partial charge in [-0.2, -0.15) is 11.8 Å². The first kappa shape index (κ1) is 14.4. The van der Waals surface area contributed by atoms with E-state index in [2.05, 4.69) is 6.58 Å². The standard InChI is InChI=1S/C12H13NO4S/c1-9(8-18-7-6-14)12(15)10-2-4-11(5-3-10)13(16)17/h2-5,14H,1,6-8H2. The fraction of sp³-hybridized carbons (Fsp3) is 0.250. The number of hydrogen-bond acceptors (Lipinski definition) is 5. The lowest BCUT2D eigenvalue weighted by atomic mass is 10.1. The van der Waals surface area contributed by atoms with Crippen LogP contribution in [0.4, 0.5) is 5.69 Å². The van der Waals surface area contributed by atoms with E-state index in [1.807, 2.05) is 0 Å². The molecule has 0 bridgehead atoms. The third-order valence-corrected chi connectivity index (χ3v) is 3.20. The van der Waals surface area contributed by atoms with Crippen LogP contribution in [0.25, 0.3) is 0 Å². The van der Waals surface area contributed by atoms with Crippen molar-refractivity contribution in [3.8, 4) is 0 Å². The lowest BCUT2D eigenvalue weighted by Crippen LogP contribution is -2.05. The van der Waals surface area contributed by atoms with Gasteiger partial charge in [0, 0.05) is 34.8 Å². The monoisotopic (exact) mass is 267 g/mol. The number of Topliss-reactive ketones (excluding diaryl/α,β-unsaturated/α-hetero) is 1. The number of non-ortho nitro benzene ring substituents is 1. The highest BCUT2D eigenvalue weighted by Gasteiger charge is 2.12. The van der Waals surface area contributed by atoms with E-state index in [-0.39, 0.29) is 18.1 Å². The van der Waals surface area contributed by atoms with Crippen LogP contribution in [-0.2, 0) is 0 Å². The minimum atomic E-state index is -0.514. The number of thioether (sulfide) groups is 1. The van der Waals surface area contributed by atoms with Crippen molar-refractivity contribution in [3.63, 3.8) is 0 Å². The highest BCUT2D eigenvalue weighted by molar-refractivity contribution is 7.99. The minimum Gasteiger partial charge on any atom is -0.396 e. The van der Waals surface area contributed by atoms with Gasteiger partial charge in [0.25, 0.3) is 5.69 Å². The third-order valence-electron chi connectivity index (χ3n) is 2.17. The molecule has 6 heteroatoms. The lowest BCUT2D eigenvalue weighted by Gasteiger charge is -2.04. The van der Waals surface area contributed by atoms with Crippen molar-refractivity contribution < 1.29 is 14.8 Å². The molecule has 1 aromatic rings. The smallest absolute Gasteiger partial charge is 0.269 e. The Labute approximate surface area is 109 Å². The molecule has 1 N–H and O–H groups in total. The van der Waals surface area contributed by atoms with Crippen molar-refractivity contribution in [2.75, 3.05) is 18.1 Å². The van der Waals surface area contributed by atoms with Crippen molar-refractivity contribution in [2.24, 2.45) is 0 Å². The summed E-state index contributed by atoms with van der Waals surface area (Å²) in [6.07, 6.45) is 0. The fourth-order valence-electron chi connectivity index (χ4n) is 1.26. The van der Waals surface area contributed by atoms with E-state index in [1.54, 1.807) is 0 Å². The molecule has 0 heterocycles. The molecular weight excluding hydrogens is 254 g/mol. The van der Waals surface area contributed by atoms with Gasteiger partial charge in [-0.05, 0) is 12.1 Å². The molecule has 0 aliphatic carbocycles. The molecule has 0 spiro atoms. The number of nitro benzene ring substituents is 1. The molecular formula is C12H13NO4S. The van der Waals surface area contributed by atoms with Crippen LogP contribution in [0.3, 0.4) is 0 Å². The Bertz CT molecular complexity index is 456. The van der Waals surface area contributed by atoms with Crippen molar-refractivity contribution in [3.05, 3.63) is 52.1 Å². The Morgan fingerprint density at radius 2 is 2.00 bits per heavy atom. The SMILES string of the molecule is C=C(CSCCO)C(=O)c1ccc([N+](=O)[O-])cc1. The molecule has 1 rings (SSSR count). The number of carbonyl (C=O) groups is 1. The number of benzene rings is 1. The summed E-state index contributed by atoms with van der Waals surface area (Å²) in [6, 6.07) is 5.42. The summed E-state index contributed by atoms with van der Waals surface area (Å²) in [6.45, 7) is 3.73. The van der Waals surface area contributed by atoms with Gasteiger partial charge in [0.2, 0.25) is 0 Å². The first-order valence-electron chi connectivity index (χ1n) is 5.21. The van der Waals surface area contributed by atoms with Gasteiger partial charge >= 0.3 is 0 Å². The van der Waals surface area contributed by atoms with Crippen LogP contribution in [0.1, 0.15) is 10.4 Å². The van der Waals surface area contributed by atoms with Crippen LogP contribution in [-0.4, -0.2) is 33.9 Å². The molecule has 96 valence electrons. The number of carbonyl (C=O) groups excluding carboxylic acids is 1. The Morgan fingerprint density at radius 1 is 1.39 bits per heavy atom. The number of ketones is 1. The predicted octanol–water partition coefficient (Wildman–Crippen LogP) is 2.06. The quantitative estimate of drug-likeness (QED) is 0.269. The predicted molar refractivity (Wildman–Crippen MR) is 71.0 cm³/mol. The molecule has 0 aliphatic rings. The average Bonchev–Trinajstić information content (AvgIpc) is 2.38. The van der Waals surface area contributed by atoms with Gasteiger partial charge < -0.3 is 5.11 Å². The number of nitro groups is 1. The Balaban J connectivity index is 2.66. The largest absolute Gasteiger partial charge is 0.396 e. The van der Waals surface area contributed by atoms with Gasteiger partial charge in [0.1, 0.15) is 0 Å². The van der Waals surface area contributed by atoms with Crippen molar-refractivity contribution in [1.29, 1.82) is 0 Å². The molecule has 1 aromatic carbocycles. The van der Waals surface area contributed by atoms with Gasteiger partial charge in [-0.15, -0.1) is 0 Å². The maximum Gasteiger partial charge on any atom is 0.269 e. The Kier molecular flexibility index (Phi) is 5.54. The second kappa shape index (κ2) is 6.93. The summed E-state index contributed by atoms with van der Waals surface area (Å²) in [5.41, 5.74) is 0.754. The summed E-state index contributed by atoms with van der Waals surface area (Å²) in [4.78, 5) is 21.8. The van der Waals surface area contributed by atoms with Crippen molar-refractivity contribution in [2.45, 2.75) is 0 Å². The number of hydrogen-bond donors (Lipinski definition) is 1. The van der Waals surface area contributed by atoms with E-state index in [0.29, 0.717) is 22.6 Å². The minimum absolute atomic E-state index is 0.0492. The highest BCUT2D eigenvalue weighted by atomic mass is 32.2. The Morgan fingerprint density at radius 3 is 2.50 bits per heavy atom. The van der Waals surface area contributed by atoms with E-state index < -0.39 is 4.92 Å². The molecule has 18 heavy (non-hydrogen) atoms. The second-order valence-electron chi connectivity index (χ2n) is 3.51. The van der Waals surface area contributed by atoms with Crippen molar-refractivity contribution in [1.82, 2.24) is 0 Å². The molecule has 0 saturated carbocycles. The molecule has 0 unspecified atom stereocenters. The molecule has 0 aliphatic heterocycles. The zero-order valence-electron chi connectivity index (χ0n) is 9.67. The third kappa shape index (κ3) is 3.97. The van der Waals surface area contributed by atoms with E-state index in [4.69, 9.17) is 5.11 Å². The van der Waals surface area contributed by atoms with E-state index in [1.165, 1.54) is 36.0 Å². The van der Waals surface area contributed by atoms with Crippen LogP contribution in [0, 0.1) is 10.1 Å². The van der Waals surface area contributed by atoms with E-state index in [9.17, 15) is 14.9 Å². The average molecular weight is 267 g/mol. The first-order chi connectivity index (χ1) is 8.56. The van der Waals surface area contributed by atoms with E-state index in [0.717, 1.165) is 0 Å². The topological polar surface area (TPSA) is 80.4 Å². The molecule has 0 fully saturated rings. The van der Waals surface area contributed by atoms with Gasteiger partial charge in [-0.1, -0.05) is 6.58 Å². The Hall–Kier alpha value is -1.66. The number of rotatable bonds is 7. The summed E-state index contributed by atoms with van der Waals surface area (Å²) < 4.78 is 0. The molecule has 0 atom stereocenters. The van der Waals surface area contributed by atoms with Crippen LogP contribution in [0.15, 0.2) is 36.4 Å². The second-order valence-corrected chi connectivity index (χ2v) is 4.62. The summed E-state index contributed by atoms with van der Waals surface area (Å²) in [7, 11) is 0. The number of nitrogens with zero attached hydrogens (tertiary/aromatic N) is 1. The molecule has 0 amide bonds. The number of aliphatic hydroxyl groups excluding tert-OH is 1. The van der Waals surface area contributed by atoms with Crippen LogP contribution >= 0.6 is 11.8 Å². The van der Waals surface area contributed by atoms with Gasteiger partial charge in [-0.25, -0.2) is 0 Å². The molecule has 0 aromatic heterocycles. The first-order valence-corrected chi connectivity index (χ1v) is 6.37. The molecule has 0 saturated heterocycles. The van der Waals surface area contributed by atoms with Crippen LogP contribution < -0.4 is 0 Å². The lowest BCUT2D eigenvalue weighted by molar-refractivity contribution is -0.384. The van der Waals surface area contributed by atoms with Gasteiger partial charge in [0.15, 0.2) is 5.78 Å². The summed E-state index contributed by atoms with van der Waals surface area (Å²) in [5.74, 6) is 0.762.